The largest absolute Gasteiger partial charge is 0.363 e. The summed E-state index contributed by atoms with van der Waals surface area (Å²) in [5.41, 5.74) is -0.474. The van der Waals surface area contributed by atoms with E-state index in [0.717, 1.165) is 25.2 Å². The quantitative estimate of drug-likeness (QED) is 0.693. The van der Waals surface area contributed by atoms with Gasteiger partial charge < -0.3 is 4.74 Å². The van der Waals surface area contributed by atoms with Crippen LogP contribution in [-0.4, -0.2) is 12.7 Å². The van der Waals surface area contributed by atoms with Crippen molar-refractivity contribution >= 4 is 0 Å². The highest BCUT2D eigenvalue weighted by molar-refractivity contribution is 5.04. The number of nitrogens with zero attached hydrogens (tertiary/aromatic N) is 1. The van der Waals surface area contributed by atoms with E-state index in [1.165, 1.54) is 12.8 Å². The fraction of sp³-hybridized carbons (Fsp3) is 0.917. The summed E-state index contributed by atoms with van der Waals surface area (Å²) in [5.74, 6) is 1.41. The first-order valence-electron chi connectivity index (χ1n) is 5.58. The molecule has 0 aromatic rings. The molecule has 0 radical (unpaired) electrons. The first-order chi connectivity index (χ1) is 6.62. The molecule has 0 aliphatic heterocycles. The van der Waals surface area contributed by atoms with Crippen molar-refractivity contribution in [2.75, 3.05) is 7.11 Å². The van der Waals surface area contributed by atoms with Gasteiger partial charge in [-0.15, -0.1) is 0 Å². The van der Waals surface area contributed by atoms with E-state index in [1.54, 1.807) is 7.11 Å². The maximum atomic E-state index is 9.12. The number of hydrogen-bond acceptors (Lipinski definition) is 2. The maximum Gasteiger partial charge on any atom is 0.154 e. The third kappa shape index (κ3) is 2.72. The predicted octanol–water partition coefficient (Wildman–Crippen LogP) is 3.13. The average molecular weight is 195 g/mol. The third-order valence-corrected chi connectivity index (χ3v) is 3.21. The van der Waals surface area contributed by atoms with Crippen LogP contribution in [0.25, 0.3) is 0 Å². The van der Waals surface area contributed by atoms with Gasteiger partial charge in [0.2, 0.25) is 0 Å². The average Bonchev–Trinajstić information content (AvgIpc) is 2.17. The molecule has 1 saturated carbocycles. The standard InChI is InChI=1S/C12H21NO/c1-10(2)7-11-5-4-6-12(8-11,9-13)14-3/h10-11H,4-8H2,1-3H3. The molecular weight excluding hydrogens is 174 g/mol. The van der Waals surface area contributed by atoms with Gasteiger partial charge in [0.25, 0.3) is 0 Å². The van der Waals surface area contributed by atoms with Crippen LogP contribution in [0.5, 0.6) is 0 Å². The van der Waals surface area contributed by atoms with Crippen molar-refractivity contribution < 1.29 is 4.74 Å². The molecule has 0 bridgehead atoms. The van der Waals surface area contributed by atoms with Crippen molar-refractivity contribution in [3.8, 4) is 6.07 Å². The predicted molar refractivity (Wildman–Crippen MR) is 56.8 cm³/mol. The Morgan fingerprint density at radius 1 is 1.57 bits per heavy atom. The molecule has 0 saturated heterocycles. The Bertz CT molecular complexity index is 219. The number of methoxy groups -OCH3 is 1. The molecule has 2 unspecified atom stereocenters. The van der Waals surface area contributed by atoms with Gasteiger partial charge in [-0.05, 0) is 37.5 Å². The van der Waals surface area contributed by atoms with E-state index < -0.39 is 5.60 Å². The molecule has 1 rings (SSSR count). The summed E-state index contributed by atoms with van der Waals surface area (Å²) in [6.07, 6.45) is 5.48. The van der Waals surface area contributed by atoms with E-state index in [0.29, 0.717) is 5.92 Å². The number of rotatable bonds is 3. The molecule has 2 nitrogen and oxygen atoms in total. The van der Waals surface area contributed by atoms with Gasteiger partial charge in [0.1, 0.15) is 0 Å². The molecule has 0 amide bonds. The minimum absolute atomic E-state index is 0.474. The lowest BCUT2D eigenvalue weighted by Gasteiger charge is -2.35. The van der Waals surface area contributed by atoms with Crippen molar-refractivity contribution in [3.63, 3.8) is 0 Å². The van der Waals surface area contributed by atoms with E-state index in [-0.39, 0.29) is 0 Å². The van der Waals surface area contributed by atoms with Gasteiger partial charge in [0.05, 0.1) is 6.07 Å². The fourth-order valence-corrected chi connectivity index (χ4v) is 2.55. The minimum atomic E-state index is -0.474. The second kappa shape index (κ2) is 4.79. The van der Waals surface area contributed by atoms with E-state index in [2.05, 4.69) is 19.9 Å². The number of ether oxygens (including phenoxy) is 1. The van der Waals surface area contributed by atoms with Gasteiger partial charge in [0.15, 0.2) is 5.60 Å². The Balaban J connectivity index is 2.55. The summed E-state index contributed by atoms with van der Waals surface area (Å²) in [5, 5.41) is 9.12. The Hall–Kier alpha value is -0.550. The second-order valence-electron chi connectivity index (χ2n) is 4.90. The molecule has 0 spiro atoms. The van der Waals surface area contributed by atoms with Crippen LogP contribution in [-0.2, 0) is 4.74 Å². The van der Waals surface area contributed by atoms with Crippen LogP contribution < -0.4 is 0 Å². The summed E-state index contributed by atoms with van der Waals surface area (Å²) >= 11 is 0. The Labute approximate surface area is 87.3 Å². The third-order valence-electron chi connectivity index (χ3n) is 3.21. The smallest absolute Gasteiger partial charge is 0.154 e. The van der Waals surface area contributed by atoms with Gasteiger partial charge in [-0.3, -0.25) is 0 Å². The Morgan fingerprint density at radius 3 is 2.79 bits per heavy atom. The van der Waals surface area contributed by atoms with Crippen LogP contribution in [0.15, 0.2) is 0 Å². The van der Waals surface area contributed by atoms with Gasteiger partial charge in [-0.1, -0.05) is 20.3 Å². The topological polar surface area (TPSA) is 33.0 Å². The minimum Gasteiger partial charge on any atom is -0.363 e. The molecule has 14 heavy (non-hydrogen) atoms. The lowest BCUT2D eigenvalue weighted by molar-refractivity contribution is -0.0121. The summed E-state index contributed by atoms with van der Waals surface area (Å²) in [6, 6.07) is 2.35. The lowest BCUT2D eigenvalue weighted by Crippen LogP contribution is -2.36. The molecule has 0 N–H and O–H groups in total. The number of nitriles is 1. The summed E-state index contributed by atoms with van der Waals surface area (Å²) in [7, 11) is 1.67. The highest BCUT2D eigenvalue weighted by Crippen LogP contribution is 2.37. The van der Waals surface area contributed by atoms with Gasteiger partial charge >= 0.3 is 0 Å². The van der Waals surface area contributed by atoms with Gasteiger partial charge in [0, 0.05) is 7.11 Å². The number of hydrogen-bond donors (Lipinski definition) is 0. The van der Waals surface area contributed by atoms with Crippen molar-refractivity contribution in [2.45, 2.75) is 51.6 Å². The van der Waals surface area contributed by atoms with E-state index in [9.17, 15) is 0 Å². The molecule has 0 heterocycles. The normalized spacial score (nSPS) is 32.9. The first-order valence-corrected chi connectivity index (χ1v) is 5.58. The molecule has 2 atom stereocenters. The van der Waals surface area contributed by atoms with E-state index in [4.69, 9.17) is 10.00 Å². The highest BCUT2D eigenvalue weighted by atomic mass is 16.5. The van der Waals surface area contributed by atoms with Crippen LogP contribution >= 0.6 is 0 Å². The lowest BCUT2D eigenvalue weighted by atomic mass is 9.75. The summed E-state index contributed by atoms with van der Waals surface area (Å²) in [4.78, 5) is 0. The first kappa shape index (κ1) is 11.5. The highest BCUT2D eigenvalue weighted by Gasteiger charge is 2.36. The molecule has 0 aromatic heterocycles. The van der Waals surface area contributed by atoms with Crippen LogP contribution in [0.3, 0.4) is 0 Å². The van der Waals surface area contributed by atoms with Gasteiger partial charge in [-0.2, -0.15) is 5.26 Å². The maximum absolute atomic E-state index is 9.12. The summed E-state index contributed by atoms with van der Waals surface area (Å²) in [6.45, 7) is 4.49. The molecule has 0 aromatic carbocycles. The van der Waals surface area contributed by atoms with Crippen molar-refractivity contribution in [1.29, 1.82) is 5.26 Å². The fourth-order valence-electron chi connectivity index (χ4n) is 2.55. The molecule has 1 fully saturated rings. The monoisotopic (exact) mass is 195 g/mol. The molecule has 1 aliphatic carbocycles. The zero-order valence-corrected chi connectivity index (χ0v) is 9.55. The van der Waals surface area contributed by atoms with Crippen LogP contribution in [0.4, 0.5) is 0 Å². The summed E-state index contributed by atoms with van der Waals surface area (Å²) < 4.78 is 5.38. The van der Waals surface area contributed by atoms with Crippen LogP contribution in [0.1, 0.15) is 46.0 Å². The Morgan fingerprint density at radius 2 is 2.29 bits per heavy atom. The molecule has 2 heteroatoms. The molecular formula is C12H21NO. The molecule has 80 valence electrons. The zero-order chi connectivity index (χ0) is 10.6. The van der Waals surface area contributed by atoms with E-state index in [1.807, 2.05) is 0 Å². The zero-order valence-electron chi connectivity index (χ0n) is 9.55. The second-order valence-corrected chi connectivity index (χ2v) is 4.90. The van der Waals surface area contributed by atoms with Crippen LogP contribution in [0.2, 0.25) is 0 Å². The van der Waals surface area contributed by atoms with Gasteiger partial charge in [-0.25, -0.2) is 0 Å². The van der Waals surface area contributed by atoms with E-state index >= 15 is 0 Å². The van der Waals surface area contributed by atoms with Crippen molar-refractivity contribution in [3.05, 3.63) is 0 Å². The van der Waals surface area contributed by atoms with Crippen molar-refractivity contribution in [1.82, 2.24) is 0 Å². The van der Waals surface area contributed by atoms with Crippen LogP contribution in [0, 0.1) is 23.2 Å². The Kier molecular flexibility index (Phi) is 3.95. The molecule has 1 aliphatic rings. The van der Waals surface area contributed by atoms with Crippen molar-refractivity contribution in [2.24, 2.45) is 11.8 Å². The SMILES string of the molecule is COC1(C#N)CCCC(CC(C)C)C1.